The van der Waals surface area contributed by atoms with Crippen LogP contribution in [-0.2, 0) is 29.0 Å². The summed E-state index contributed by atoms with van der Waals surface area (Å²) in [6.45, 7) is 0.643. The van der Waals surface area contributed by atoms with E-state index in [1.54, 1.807) is 16.8 Å². The second-order valence-corrected chi connectivity index (χ2v) is 8.50. The van der Waals surface area contributed by atoms with E-state index in [9.17, 15) is 14.7 Å². The molecule has 0 fully saturated rings. The van der Waals surface area contributed by atoms with Crippen LogP contribution in [0, 0.1) is 0 Å². The summed E-state index contributed by atoms with van der Waals surface area (Å²) in [7, 11) is 0. The third-order valence-corrected chi connectivity index (χ3v) is 6.24. The summed E-state index contributed by atoms with van der Waals surface area (Å²) < 4.78 is 15.7. The molecule has 0 aliphatic heterocycles. The number of carboxylic acids is 1. The number of rotatable bonds is 9. The summed E-state index contributed by atoms with van der Waals surface area (Å²) in [4.78, 5) is 22.9. The lowest BCUT2D eigenvalue weighted by atomic mass is 10.0. The SMILES string of the molecule is O=COc1c(Cc2ccc3nsnc3c2)c(-c2ccccc2)nn1Cc1ccccc1CC(=O)O. The largest absolute Gasteiger partial charge is 0.481 e. The van der Waals surface area contributed by atoms with Gasteiger partial charge >= 0.3 is 5.97 Å². The van der Waals surface area contributed by atoms with Crippen molar-refractivity contribution >= 4 is 35.2 Å². The van der Waals surface area contributed by atoms with Crippen molar-refractivity contribution in [2.75, 3.05) is 0 Å². The Labute approximate surface area is 204 Å². The van der Waals surface area contributed by atoms with Gasteiger partial charge in [0.15, 0.2) is 0 Å². The molecule has 0 saturated carbocycles. The average molecular weight is 485 g/mol. The van der Waals surface area contributed by atoms with Crippen LogP contribution in [0.25, 0.3) is 22.3 Å². The second kappa shape index (κ2) is 9.86. The molecule has 2 heterocycles. The van der Waals surface area contributed by atoms with Gasteiger partial charge in [-0.2, -0.15) is 13.8 Å². The molecule has 0 unspecified atom stereocenters. The Morgan fingerprint density at radius 1 is 0.971 bits per heavy atom. The minimum atomic E-state index is -0.917. The highest BCUT2D eigenvalue weighted by Gasteiger charge is 2.22. The normalized spacial score (nSPS) is 11.0. The molecule has 0 aliphatic carbocycles. The first kappa shape index (κ1) is 22.4. The topological polar surface area (TPSA) is 107 Å². The van der Waals surface area contributed by atoms with Crippen molar-refractivity contribution in [3.63, 3.8) is 0 Å². The molecule has 0 aliphatic rings. The molecule has 0 amide bonds. The van der Waals surface area contributed by atoms with Crippen LogP contribution in [0.2, 0.25) is 0 Å². The predicted octanol–water partition coefficient (Wildman–Crippen LogP) is 4.36. The summed E-state index contributed by atoms with van der Waals surface area (Å²) in [6.07, 6.45) is 0.346. The lowest BCUT2D eigenvalue weighted by molar-refractivity contribution is -0.136. The number of hydrogen-bond donors (Lipinski definition) is 1. The van der Waals surface area contributed by atoms with Crippen LogP contribution >= 0.6 is 11.7 Å². The summed E-state index contributed by atoms with van der Waals surface area (Å²) in [6, 6.07) is 22.8. The van der Waals surface area contributed by atoms with E-state index in [0.29, 0.717) is 30.0 Å². The van der Waals surface area contributed by atoms with Crippen LogP contribution < -0.4 is 4.74 Å². The summed E-state index contributed by atoms with van der Waals surface area (Å²) in [5.41, 5.74) is 6.40. The van der Waals surface area contributed by atoms with E-state index in [1.807, 2.05) is 60.7 Å². The molecule has 5 rings (SSSR count). The molecule has 2 aromatic heterocycles. The van der Waals surface area contributed by atoms with E-state index in [4.69, 9.17) is 9.84 Å². The van der Waals surface area contributed by atoms with E-state index in [1.165, 1.54) is 0 Å². The van der Waals surface area contributed by atoms with Crippen LogP contribution in [0.4, 0.5) is 0 Å². The molecule has 5 aromatic rings. The quantitative estimate of drug-likeness (QED) is 0.310. The maximum absolute atomic E-state index is 11.5. The number of carbonyl (C=O) groups excluding carboxylic acids is 1. The number of ether oxygens (including phenoxy) is 1. The molecular weight excluding hydrogens is 464 g/mol. The number of fused-ring (bicyclic) bond motifs is 1. The lowest BCUT2D eigenvalue weighted by Crippen LogP contribution is -2.10. The minimum absolute atomic E-state index is 0.110. The van der Waals surface area contributed by atoms with Crippen molar-refractivity contribution in [3.8, 4) is 17.1 Å². The summed E-state index contributed by atoms with van der Waals surface area (Å²) >= 11 is 1.16. The molecule has 0 bridgehead atoms. The Balaban J connectivity index is 1.62. The molecule has 8 nitrogen and oxygen atoms in total. The van der Waals surface area contributed by atoms with Gasteiger partial charge in [-0.1, -0.05) is 60.7 Å². The summed E-state index contributed by atoms with van der Waals surface area (Å²) in [5.74, 6) is -0.597. The van der Waals surface area contributed by atoms with Gasteiger partial charge < -0.3 is 9.84 Å². The molecule has 0 atom stereocenters. The summed E-state index contributed by atoms with van der Waals surface area (Å²) in [5, 5.41) is 14.1. The Bertz CT molecular complexity index is 1510. The third-order valence-electron chi connectivity index (χ3n) is 5.69. The fourth-order valence-corrected chi connectivity index (χ4v) is 4.62. The monoisotopic (exact) mass is 484 g/mol. The van der Waals surface area contributed by atoms with Crippen LogP contribution in [-0.4, -0.2) is 36.1 Å². The van der Waals surface area contributed by atoms with Gasteiger partial charge in [-0.15, -0.1) is 0 Å². The number of carboxylic acid groups (broad SMARTS) is 1. The fourth-order valence-electron chi connectivity index (χ4n) is 4.11. The molecule has 174 valence electrons. The van der Waals surface area contributed by atoms with Gasteiger partial charge in [0, 0.05) is 17.5 Å². The van der Waals surface area contributed by atoms with Gasteiger partial charge in [-0.05, 0) is 28.8 Å². The maximum Gasteiger partial charge on any atom is 0.307 e. The Kier molecular flexibility index (Phi) is 6.32. The van der Waals surface area contributed by atoms with Gasteiger partial charge in [-0.25, -0.2) is 4.68 Å². The van der Waals surface area contributed by atoms with Gasteiger partial charge in [0.05, 0.1) is 30.4 Å². The van der Waals surface area contributed by atoms with Gasteiger partial charge in [0.25, 0.3) is 6.47 Å². The van der Waals surface area contributed by atoms with E-state index >= 15 is 0 Å². The number of aliphatic carboxylic acids is 1. The molecular formula is C26H20N4O4S. The van der Waals surface area contributed by atoms with Crippen molar-refractivity contribution in [1.29, 1.82) is 0 Å². The molecule has 9 heteroatoms. The number of benzene rings is 3. The standard InChI is InChI=1S/C26H20N4O4S/c31-16-34-26-21(12-17-10-11-22-23(13-17)29-35-28-22)25(18-6-2-1-3-7-18)27-30(26)15-20-9-5-4-8-19(20)14-24(32)33/h1-11,13,16H,12,14-15H2,(H,32,33). The lowest BCUT2D eigenvalue weighted by Gasteiger charge is -2.11. The molecule has 0 radical (unpaired) electrons. The number of nitrogens with zero attached hydrogens (tertiary/aromatic N) is 4. The highest BCUT2D eigenvalue weighted by molar-refractivity contribution is 7.00. The average Bonchev–Trinajstić information content (AvgIpc) is 3.46. The third kappa shape index (κ3) is 4.80. The molecule has 0 spiro atoms. The van der Waals surface area contributed by atoms with Crippen LogP contribution in [0.15, 0.2) is 72.8 Å². The van der Waals surface area contributed by atoms with E-state index in [2.05, 4.69) is 8.75 Å². The Morgan fingerprint density at radius 3 is 2.49 bits per heavy atom. The highest BCUT2D eigenvalue weighted by Crippen LogP contribution is 2.34. The second-order valence-electron chi connectivity index (χ2n) is 7.97. The molecule has 1 N–H and O–H groups in total. The van der Waals surface area contributed by atoms with Crippen LogP contribution in [0.1, 0.15) is 22.3 Å². The van der Waals surface area contributed by atoms with E-state index in [0.717, 1.165) is 45.0 Å². The number of hydrogen-bond acceptors (Lipinski definition) is 7. The first-order chi connectivity index (χ1) is 17.1. The van der Waals surface area contributed by atoms with Gasteiger partial charge in [0.1, 0.15) is 11.0 Å². The van der Waals surface area contributed by atoms with Crippen molar-refractivity contribution in [1.82, 2.24) is 18.5 Å². The molecule has 35 heavy (non-hydrogen) atoms. The van der Waals surface area contributed by atoms with Crippen molar-refractivity contribution < 1.29 is 19.4 Å². The Morgan fingerprint density at radius 2 is 1.71 bits per heavy atom. The highest BCUT2D eigenvalue weighted by atomic mass is 32.1. The van der Waals surface area contributed by atoms with Crippen molar-refractivity contribution in [3.05, 3.63) is 95.1 Å². The predicted molar refractivity (Wildman–Crippen MR) is 131 cm³/mol. The fraction of sp³-hybridized carbons (Fsp3) is 0.115. The van der Waals surface area contributed by atoms with Gasteiger partial charge in [0.2, 0.25) is 5.88 Å². The number of carbonyl (C=O) groups is 2. The van der Waals surface area contributed by atoms with E-state index in [-0.39, 0.29) is 13.0 Å². The van der Waals surface area contributed by atoms with E-state index < -0.39 is 5.97 Å². The van der Waals surface area contributed by atoms with Crippen molar-refractivity contribution in [2.24, 2.45) is 0 Å². The zero-order valence-electron chi connectivity index (χ0n) is 18.5. The first-order valence-corrected chi connectivity index (χ1v) is 11.6. The smallest absolute Gasteiger partial charge is 0.307 e. The maximum atomic E-state index is 11.5. The van der Waals surface area contributed by atoms with Gasteiger partial charge in [-0.3, -0.25) is 9.59 Å². The van der Waals surface area contributed by atoms with Crippen molar-refractivity contribution in [2.45, 2.75) is 19.4 Å². The first-order valence-electron chi connectivity index (χ1n) is 10.9. The molecule has 0 saturated heterocycles. The Hall–Kier alpha value is -4.37. The number of aromatic nitrogens is 4. The van der Waals surface area contributed by atoms with Crippen LogP contribution in [0.5, 0.6) is 5.88 Å². The van der Waals surface area contributed by atoms with Crippen LogP contribution in [0.3, 0.4) is 0 Å². The zero-order chi connectivity index (χ0) is 24.2. The minimum Gasteiger partial charge on any atom is -0.481 e. The zero-order valence-corrected chi connectivity index (χ0v) is 19.3. The molecule has 3 aromatic carbocycles.